The number of nitrogens with zero attached hydrogens (tertiary/aromatic N) is 1. The second kappa shape index (κ2) is 9.21. The van der Waals surface area contributed by atoms with E-state index in [0.717, 1.165) is 28.6 Å². The Hall–Kier alpha value is -2.38. The van der Waals surface area contributed by atoms with Gasteiger partial charge in [-0.1, -0.05) is 22.0 Å². The standard InChI is InChI=1S/C21H24BrN3O3/c1-14-10-16(22)7-8-19(14)23-12-20(27)24-17-5-2-4-15(11-17)21(28)25-9-3-6-18(26)13-25/h2,4-5,7-8,10-11,18,23,26H,3,6,9,12-13H2,1H3,(H,24,27). The molecule has 0 spiro atoms. The smallest absolute Gasteiger partial charge is 0.254 e. The number of benzene rings is 2. The van der Waals surface area contributed by atoms with Gasteiger partial charge in [0.15, 0.2) is 0 Å². The molecule has 2 aromatic carbocycles. The number of piperidine rings is 1. The fourth-order valence-corrected chi connectivity index (χ4v) is 3.73. The van der Waals surface area contributed by atoms with Crippen molar-refractivity contribution < 1.29 is 14.7 Å². The van der Waals surface area contributed by atoms with Crippen molar-refractivity contribution in [1.29, 1.82) is 0 Å². The summed E-state index contributed by atoms with van der Waals surface area (Å²) in [4.78, 5) is 26.6. The van der Waals surface area contributed by atoms with Crippen molar-refractivity contribution in [2.24, 2.45) is 0 Å². The van der Waals surface area contributed by atoms with Crippen LogP contribution in [-0.2, 0) is 4.79 Å². The van der Waals surface area contributed by atoms with Crippen LogP contribution in [0.5, 0.6) is 0 Å². The van der Waals surface area contributed by atoms with Gasteiger partial charge in [-0.25, -0.2) is 0 Å². The Morgan fingerprint density at radius 2 is 2.07 bits per heavy atom. The minimum Gasteiger partial charge on any atom is -0.391 e. The van der Waals surface area contributed by atoms with E-state index < -0.39 is 6.10 Å². The first-order chi connectivity index (χ1) is 13.4. The summed E-state index contributed by atoms with van der Waals surface area (Å²) in [6.07, 6.45) is 1.06. The van der Waals surface area contributed by atoms with E-state index in [1.807, 2.05) is 25.1 Å². The molecule has 1 aliphatic heterocycles. The summed E-state index contributed by atoms with van der Waals surface area (Å²) in [5, 5.41) is 15.7. The van der Waals surface area contributed by atoms with Gasteiger partial charge in [-0.05, 0) is 61.7 Å². The maximum atomic E-state index is 12.6. The molecular weight excluding hydrogens is 422 g/mol. The van der Waals surface area contributed by atoms with Crippen molar-refractivity contribution in [1.82, 2.24) is 4.90 Å². The highest BCUT2D eigenvalue weighted by atomic mass is 79.9. The SMILES string of the molecule is Cc1cc(Br)ccc1NCC(=O)Nc1cccc(C(=O)N2CCCC(O)C2)c1. The molecule has 2 amide bonds. The number of amides is 2. The van der Waals surface area contributed by atoms with E-state index in [9.17, 15) is 14.7 Å². The fourth-order valence-electron chi connectivity index (χ4n) is 3.26. The third-order valence-electron chi connectivity index (χ3n) is 4.70. The second-order valence-corrected chi connectivity index (χ2v) is 7.90. The third kappa shape index (κ3) is 5.33. The molecule has 6 nitrogen and oxygen atoms in total. The van der Waals surface area contributed by atoms with Gasteiger partial charge < -0.3 is 20.6 Å². The first-order valence-corrected chi connectivity index (χ1v) is 10.1. The molecule has 1 fully saturated rings. The lowest BCUT2D eigenvalue weighted by atomic mass is 10.1. The first-order valence-electron chi connectivity index (χ1n) is 9.29. The number of rotatable bonds is 5. The van der Waals surface area contributed by atoms with E-state index in [2.05, 4.69) is 26.6 Å². The number of aliphatic hydroxyl groups is 1. The predicted octanol–water partition coefficient (Wildman–Crippen LogP) is 3.41. The molecule has 28 heavy (non-hydrogen) atoms. The van der Waals surface area contributed by atoms with Crippen molar-refractivity contribution in [3.05, 3.63) is 58.1 Å². The largest absolute Gasteiger partial charge is 0.391 e. The highest BCUT2D eigenvalue weighted by molar-refractivity contribution is 9.10. The number of hydrogen-bond acceptors (Lipinski definition) is 4. The number of anilines is 2. The summed E-state index contributed by atoms with van der Waals surface area (Å²) in [6.45, 7) is 3.09. The molecule has 0 saturated carbocycles. The first kappa shape index (κ1) is 20.4. The van der Waals surface area contributed by atoms with Crippen molar-refractivity contribution in [2.75, 3.05) is 30.3 Å². The molecule has 0 radical (unpaired) electrons. The zero-order valence-corrected chi connectivity index (χ0v) is 17.3. The Bertz CT molecular complexity index is 872. The van der Waals surface area contributed by atoms with E-state index >= 15 is 0 Å². The molecule has 2 aromatic rings. The normalized spacial score (nSPS) is 16.5. The molecule has 0 aliphatic carbocycles. The van der Waals surface area contributed by atoms with Crippen molar-refractivity contribution in [3.63, 3.8) is 0 Å². The van der Waals surface area contributed by atoms with E-state index in [-0.39, 0.29) is 18.4 Å². The summed E-state index contributed by atoms with van der Waals surface area (Å²) in [6, 6.07) is 12.7. The van der Waals surface area contributed by atoms with Crippen LogP contribution in [-0.4, -0.2) is 47.6 Å². The van der Waals surface area contributed by atoms with E-state index in [1.54, 1.807) is 29.2 Å². The number of aliphatic hydroxyl groups excluding tert-OH is 1. The van der Waals surface area contributed by atoms with Crippen molar-refractivity contribution in [2.45, 2.75) is 25.9 Å². The van der Waals surface area contributed by atoms with Crippen LogP contribution in [0.3, 0.4) is 0 Å². The summed E-state index contributed by atoms with van der Waals surface area (Å²) in [7, 11) is 0. The highest BCUT2D eigenvalue weighted by Crippen LogP contribution is 2.20. The Morgan fingerprint density at radius 3 is 2.82 bits per heavy atom. The number of aryl methyl sites for hydroxylation is 1. The Kier molecular flexibility index (Phi) is 6.70. The summed E-state index contributed by atoms with van der Waals surface area (Å²) >= 11 is 3.42. The molecule has 7 heteroatoms. The Morgan fingerprint density at radius 1 is 1.25 bits per heavy atom. The quantitative estimate of drug-likeness (QED) is 0.658. The molecule has 0 bridgehead atoms. The topological polar surface area (TPSA) is 81.7 Å². The van der Waals surface area contributed by atoms with Gasteiger partial charge >= 0.3 is 0 Å². The fraction of sp³-hybridized carbons (Fsp3) is 0.333. The molecule has 1 atom stereocenters. The van der Waals surface area contributed by atoms with Crippen molar-refractivity contribution in [3.8, 4) is 0 Å². The number of halogens is 1. The molecule has 148 valence electrons. The van der Waals surface area contributed by atoms with E-state index in [4.69, 9.17) is 0 Å². The molecule has 3 rings (SSSR count). The van der Waals surface area contributed by atoms with Crippen LogP contribution >= 0.6 is 15.9 Å². The maximum absolute atomic E-state index is 12.6. The molecule has 1 aliphatic rings. The van der Waals surface area contributed by atoms with Gasteiger partial charge in [0.1, 0.15) is 0 Å². The molecule has 0 aromatic heterocycles. The average molecular weight is 446 g/mol. The predicted molar refractivity (Wildman–Crippen MR) is 114 cm³/mol. The van der Waals surface area contributed by atoms with Crippen molar-refractivity contribution >= 4 is 39.1 Å². The lowest BCUT2D eigenvalue weighted by molar-refractivity contribution is -0.114. The number of nitrogens with one attached hydrogen (secondary N) is 2. The lowest BCUT2D eigenvalue weighted by Gasteiger charge is -2.30. The van der Waals surface area contributed by atoms with E-state index in [1.165, 1.54) is 0 Å². The summed E-state index contributed by atoms with van der Waals surface area (Å²) in [5.74, 6) is -0.321. The third-order valence-corrected chi connectivity index (χ3v) is 5.20. The van der Waals surface area contributed by atoms with Gasteiger partial charge in [-0.3, -0.25) is 9.59 Å². The van der Waals surface area contributed by atoms with E-state index in [0.29, 0.717) is 24.3 Å². The monoisotopic (exact) mass is 445 g/mol. The molecule has 1 unspecified atom stereocenters. The zero-order chi connectivity index (χ0) is 20.1. The minimum atomic E-state index is -0.464. The highest BCUT2D eigenvalue weighted by Gasteiger charge is 2.23. The number of likely N-dealkylation sites (tertiary alicyclic amines) is 1. The van der Waals surface area contributed by atoms with Crippen LogP contribution in [0.25, 0.3) is 0 Å². The maximum Gasteiger partial charge on any atom is 0.254 e. The van der Waals surface area contributed by atoms with Gasteiger partial charge in [0.05, 0.1) is 12.6 Å². The Balaban J connectivity index is 1.59. The van der Waals surface area contributed by atoms with Crippen LogP contribution in [0.2, 0.25) is 0 Å². The molecular formula is C21H24BrN3O3. The average Bonchev–Trinajstić information content (AvgIpc) is 2.67. The number of carbonyl (C=O) groups excluding carboxylic acids is 2. The van der Waals surface area contributed by atoms with Gasteiger partial charge in [-0.2, -0.15) is 0 Å². The summed E-state index contributed by atoms with van der Waals surface area (Å²) < 4.78 is 0.989. The van der Waals surface area contributed by atoms with Crippen LogP contribution in [0.4, 0.5) is 11.4 Å². The molecule has 1 heterocycles. The van der Waals surface area contributed by atoms with Gasteiger partial charge in [0.25, 0.3) is 5.91 Å². The number of hydrogen-bond donors (Lipinski definition) is 3. The van der Waals surface area contributed by atoms with Crippen LogP contribution < -0.4 is 10.6 Å². The van der Waals surface area contributed by atoms with Gasteiger partial charge in [0, 0.05) is 34.5 Å². The van der Waals surface area contributed by atoms with Crippen LogP contribution in [0.15, 0.2) is 46.9 Å². The van der Waals surface area contributed by atoms with Crippen LogP contribution in [0.1, 0.15) is 28.8 Å². The van der Waals surface area contributed by atoms with Crippen LogP contribution in [0, 0.1) is 6.92 Å². The zero-order valence-electron chi connectivity index (χ0n) is 15.7. The summed E-state index contributed by atoms with van der Waals surface area (Å²) in [5.41, 5.74) is 3.01. The Labute approximate surface area is 173 Å². The molecule has 3 N–H and O–H groups in total. The van der Waals surface area contributed by atoms with Gasteiger partial charge in [-0.15, -0.1) is 0 Å². The van der Waals surface area contributed by atoms with Gasteiger partial charge in [0.2, 0.25) is 5.91 Å². The molecule has 1 saturated heterocycles. The minimum absolute atomic E-state index is 0.124. The number of β-amino-alcohol motifs (C(OH)–C–C–N with tert-alkyl or cyclic N) is 1. The lowest BCUT2D eigenvalue weighted by Crippen LogP contribution is -2.42. The second-order valence-electron chi connectivity index (χ2n) is 6.99. The number of carbonyl (C=O) groups is 2.